The van der Waals surface area contributed by atoms with Gasteiger partial charge in [0.15, 0.2) is 5.11 Å². The maximum absolute atomic E-state index is 5.99. The molecule has 4 nitrogen and oxygen atoms in total. The minimum Gasteiger partial charge on any atom is -0.457 e. The lowest BCUT2D eigenvalue weighted by atomic mass is 10.0. The van der Waals surface area contributed by atoms with E-state index in [0.717, 1.165) is 22.9 Å². The van der Waals surface area contributed by atoms with Gasteiger partial charge in [-0.15, -0.1) is 11.3 Å². The minimum absolute atomic E-state index is 0.0177. The Hall–Kier alpha value is -3.22. The number of pyridine rings is 1. The van der Waals surface area contributed by atoms with Crippen molar-refractivity contribution in [2.75, 3.05) is 4.90 Å². The van der Waals surface area contributed by atoms with Gasteiger partial charge < -0.3 is 15.0 Å². The van der Waals surface area contributed by atoms with Gasteiger partial charge in [-0.2, -0.15) is 0 Å². The number of hydrogen-bond acceptors (Lipinski definition) is 4. The smallest absolute Gasteiger partial charge is 0.174 e. The molecule has 0 bridgehead atoms. The van der Waals surface area contributed by atoms with Crippen LogP contribution >= 0.6 is 23.6 Å². The van der Waals surface area contributed by atoms with Gasteiger partial charge in [0, 0.05) is 16.8 Å². The molecule has 5 rings (SSSR count). The molecular formula is C25H21N3OS2. The number of aryl methyl sites for hydroxylation is 1. The number of thiocarbonyl (C=S) groups is 1. The van der Waals surface area contributed by atoms with Crippen molar-refractivity contribution in [1.29, 1.82) is 0 Å². The number of ether oxygens (including phenoxy) is 1. The summed E-state index contributed by atoms with van der Waals surface area (Å²) in [4.78, 5) is 8.00. The molecule has 6 heteroatoms. The van der Waals surface area contributed by atoms with Gasteiger partial charge in [0.2, 0.25) is 0 Å². The van der Waals surface area contributed by atoms with E-state index in [1.165, 1.54) is 10.4 Å². The van der Waals surface area contributed by atoms with E-state index >= 15 is 0 Å². The summed E-state index contributed by atoms with van der Waals surface area (Å²) in [5.41, 5.74) is 3.20. The predicted octanol–water partition coefficient (Wildman–Crippen LogP) is 6.42. The Morgan fingerprint density at radius 2 is 1.68 bits per heavy atom. The Morgan fingerprint density at radius 1 is 0.935 bits per heavy atom. The maximum atomic E-state index is 5.99. The average Bonchev–Trinajstić information content (AvgIpc) is 3.44. The summed E-state index contributed by atoms with van der Waals surface area (Å²) in [6.45, 7) is 2.06. The second kappa shape index (κ2) is 8.49. The lowest BCUT2D eigenvalue weighted by molar-refractivity contribution is 0.482. The molecule has 1 saturated heterocycles. The van der Waals surface area contributed by atoms with Crippen LogP contribution in [0.15, 0.2) is 90.4 Å². The third-order valence-corrected chi connectivity index (χ3v) is 6.56. The van der Waals surface area contributed by atoms with Crippen molar-refractivity contribution in [3.8, 4) is 11.5 Å². The topological polar surface area (TPSA) is 37.4 Å². The van der Waals surface area contributed by atoms with Gasteiger partial charge in [-0.1, -0.05) is 29.8 Å². The molecule has 0 spiro atoms. The fraction of sp³-hybridized carbons (Fsp3) is 0.120. The summed E-state index contributed by atoms with van der Waals surface area (Å²) < 4.78 is 5.99. The Morgan fingerprint density at radius 3 is 2.32 bits per heavy atom. The highest BCUT2D eigenvalue weighted by Gasteiger charge is 2.41. The summed E-state index contributed by atoms with van der Waals surface area (Å²) in [5, 5.41) is 6.28. The van der Waals surface area contributed by atoms with Crippen LogP contribution in [-0.2, 0) is 0 Å². The molecule has 3 heterocycles. The Kier molecular flexibility index (Phi) is 5.40. The largest absolute Gasteiger partial charge is 0.457 e. The number of nitrogens with one attached hydrogen (secondary N) is 1. The highest BCUT2D eigenvalue weighted by Crippen LogP contribution is 2.43. The van der Waals surface area contributed by atoms with E-state index in [1.807, 2.05) is 60.8 Å². The molecule has 0 unspecified atom stereocenters. The van der Waals surface area contributed by atoms with Crippen LogP contribution in [0.2, 0.25) is 0 Å². The first kappa shape index (κ1) is 19.7. The average molecular weight is 444 g/mol. The van der Waals surface area contributed by atoms with Crippen molar-refractivity contribution in [3.63, 3.8) is 0 Å². The van der Waals surface area contributed by atoms with Crippen molar-refractivity contribution in [2.24, 2.45) is 0 Å². The van der Waals surface area contributed by atoms with Crippen molar-refractivity contribution < 1.29 is 4.74 Å². The van der Waals surface area contributed by atoms with E-state index in [4.69, 9.17) is 17.0 Å². The van der Waals surface area contributed by atoms with E-state index in [0.29, 0.717) is 5.11 Å². The molecule has 1 aliphatic rings. The lowest BCUT2D eigenvalue weighted by Crippen LogP contribution is -2.28. The molecule has 1 N–H and O–H groups in total. The number of nitrogens with zero attached hydrogens (tertiary/aromatic N) is 2. The van der Waals surface area contributed by atoms with E-state index in [1.54, 1.807) is 11.3 Å². The number of thiophene rings is 1. The van der Waals surface area contributed by atoms with Crippen LogP contribution < -0.4 is 15.0 Å². The first-order chi connectivity index (χ1) is 15.2. The quantitative estimate of drug-likeness (QED) is 0.360. The van der Waals surface area contributed by atoms with E-state index in [2.05, 4.69) is 51.8 Å². The third kappa shape index (κ3) is 4.04. The highest BCUT2D eigenvalue weighted by atomic mass is 32.1. The zero-order valence-corrected chi connectivity index (χ0v) is 18.6. The molecule has 31 heavy (non-hydrogen) atoms. The zero-order valence-electron chi connectivity index (χ0n) is 16.9. The molecule has 1 aliphatic heterocycles. The monoisotopic (exact) mass is 443 g/mol. The number of anilines is 1. The van der Waals surface area contributed by atoms with Gasteiger partial charge in [0.05, 0.1) is 17.8 Å². The van der Waals surface area contributed by atoms with Crippen LogP contribution in [0.4, 0.5) is 5.69 Å². The molecule has 0 radical (unpaired) electrons. The molecule has 2 aromatic carbocycles. The Bertz CT molecular complexity index is 1160. The van der Waals surface area contributed by atoms with Gasteiger partial charge >= 0.3 is 0 Å². The first-order valence-electron chi connectivity index (χ1n) is 10.1. The molecule has 0 saturated carbocycles. The van der Waals surface area contributed by atoms with Crippen LogP contribution in [0.3, 0.4) is 0 Å². The summed E-state index contributed by atoms with van der Waals surface area (Å²) >= 11 is 7.49. The van der Waals surface area contributed by atoms with Gasteiger partial charge in [0.1, 0.15) is 11.5 Å². The third-order valence-electron chi connectivity index (χ3n) is 5.30. The molecule has 2 atom stereocenters. The summed E-state index contributed by atoms with van der Waals surface area (Å²) in [6.07, 6.45) is 1.82. The summed E-state index contributed by atoms with van der Waals surface area (Å²) in [5.74, 6) is 1.61. The van der Waals surface area contributed by atoms with Crippen LogP contribution in [0.5, 0.6) is 11.5 Å². The van der Waals surface area contributed by atoms with Crippen LogP contribution in [0.1, 0.15) is 28.2 Å². The van der Waals surface area contributed by atoms with Gasteiger partial charge in [-0.25, -0.2) is 0 Å². The second-order valence-corrected chi connectivity index (χ2v) is 8.79. The molecule has 0 amide bonds. The zero-order chi connectivity index (χ0) is 21.2. The normalized spacial score (nSPS) is 18.1. The SMILES string of the molecule is Cc1ccc(Oc2ccc(N3C(=S)N[C@@H](c4ccccn4)[C@H]3c3cccs3)cc2)cc1. The van der Waals surface area contributed by atoms with Gasteiger partial charge in [0.25, 0.3) is 0 Å². The second-order valence-electron chi connectivity index (χ2n) is 7.42. The predicted molar refractivity (Wildman–Crippen MR) is 130 cm³/mol. The van der Waals surface area contributed by atoms with Crippen LogP contribution in [0.25, 0.3) is 0 Å². The standard InChI is InChI=1S/C25H21N3OS2/c1-17-7-11-19(12-8-17)29-20-13-9-18(10-14-20)28-24(22-6-4-16-31-22)23(27-25(28)30)21-5-2-3-15-26-21/h2-16,23-24H,1H3,(H,27,30)/t23-,24+/m0/s1. The molecule has 2 aromatic heterocycles. The van der Waals surface area contributed by atoms with E-state index in [-0.39, 0.29) is 12.1 Å². The number of benzene rings is 2. The lowest BCUT2D eigenvalue weighted by Gasteiger charge is -2.27. The molecule has 0 aliphatic carbocycles. The molecule has 1 fully saturated rings. The molecule has 4 aromatic rings. The maximum Gasteiger partial charge on any atom is 0.174 e. The fourth-order valence-electron chi connectivity index (χ4n) is 3.80. The van der Waals surface area contributed by atoms with Gasteiger partial charge in [-0.3, -0.25) is 4.98 Å². The first-order valence-corrected chi connectivity index (χ1v) is 11.4. The number of aromatic nitrogens is 1. The van der Waals surface area contributed by atoms with Crippen molar-refractivity contribution in [2.45, 2.75) is 19.0 Å². The summed E-state index contributed by atoms with van der Waals surface area (Å²) in [7, 11) is 0. The van der Waals surface area contributed by atoms with Crippen molar-refractivity contribution in [1.82, 2.24) is 10.3 Å². The highest BCUT2D eigenvalue weighted by molar-refractivity contribution is 7.80. The Balaban J connectivity index is 1.45. The molecular weight excluding hydrogens is 422 g/mol. The van der Waals surface area contributed by atoms with Gasteiger partial charge in [-0.05, 0) is 79.1 Å². The van der Waals surface area contributed by atoms with E-state index in [9.17, 15) is 0 Å². The Labute approximate surface area is 191 Å². The number of hydrogen-bond donors (Lipinski definition) is 1. The molecule has 154 valence electrons. The minimum atomic E-state index is -0.0177. The van der Waals surface area contributed by atoms with Crippen molar-refractivity contribution in [3.05, 3.63) is 107 Å². The number of rotatable bonds is 5. The summed E-state index contributed by atoms with van der Waals surface area (Å²) in [6, 6.07) is 26.4. The van der Waals surface area contributed by atoms with Crippen LogP contribution in [-0.4, -0.2) is 10.1 Å². The van der Waals surface area contributed by atoms with E-state index < -0.39 is 0 Å². The van der Waals surface area contributed by atoms with Crippen molar-refractivity contribution >= 4 is 34.4 Å². The fourth-order valence-corrected chi connectivity index (χ4v) is 5.00. The van der Waals surface area contributed by atoms with Crippen LogP contribution in [0, 0.1) is 6.92 Å².